The fourth-order valence-corrected chi connectivity index (χ4v) is 3.24. The van der Waals surface area contributed by atoms with E-state index in [2.05, 4.69) is 22.1 Å². The summed E-state index contributed by atoms with van der Waals surface area (Å²) in [7, 11) is 3.26. The van der Waals surface area contributed by atoms with Crippen molar-refractivity contribution in [1.29, 1.82) is 5.26 Å². The van der Waals surface area contributed by atoms with Crippen LogP contribution < -0.4 is 4.90 Å². The van der Waals surface area contributed by atoms with Gasteiger partial charge in [0.05, 0.1) is 10.5 Å². The molecule has 3 atom stereocenters. The Labute approximate surface area is 115 Å². The van der Waals surface area contributed by atoms with Crippen molar-refractivity contribution >= 4 is 21.6 Å². The lowest BCUT2D eigenvalue weighted by molar-refractivity contribution is -0.0436. The van der Waals surface area contributed by atoms with Crippen LogP contribution in [0.1, 0.15) is 12.5 Å². The van der Waals surface area contributed by atoms with Gasteiger partial charge in [-0.15, -0.1) is 0 Å². The molecule has 0 bridgehead atoms. The number of halogens is 1. The predicted molar refractivity (Wildman–Crippen MR) is 72.4 cm³/mol. The van der Waals surface area contributed by atoms with Gasteiger partial charge in [-0.2, -0.15) is 5.26 Å². The minimum Gasteiger partial charge on any atom is -0.372 e. The zero-order valence-corrected chi connectivity index (χ0v) is 12.1. The van der Waals surface area contributed by atoms with E-state index in [1.54, 1.807) is 19.1 Å². The van der Waals surface area contributed by atoms with Crippen LogP contribution in [0.5, 0.6) is 0 Å². The van der Waals surface area contributed by atoms with Crippen molar-refractivity contribution in [2.45, 2.75) is 23.6 Å². The molecule has 1 aromatic rings. The van der Waals surface area contributed by atoms with Crippen molar-refractivity contribution in [2.75, 3.05) is 19.1 Å². The molecule has 0 saturated heterocycles. The molecule has 96 valence electrons. The minimum atomic E-state index is -0.537. The van der Waals surface area contributed by atoms with Crippen LogP contribution in [0.25, 0.3) is 0 Å². The summed E-state index contributed by atoms with van der Waals surface area (Å²) >= 11 is 3.61. The molecule has 0 aliphatic carbocycles. The molecule has 0 fully saturated rings. The Morgan fingerprint density at radius 1 is 1.39 bits per heavy atom. The van der Waals surface area contributed by atoms with Gasteiger partial charge in [0, 0.05) is 19.8 Å². The van der Waals surface area contributed by atoms with Crippen LogP contribution in [0.4, 0.5) is 5.69 Å². The van der Waals surface area contributed by atoms with Crippen molar-refractivity contribution in [3.05, 3.63) is 29.8 Å². The minimum absolute atomic E-state index is 0.144. The van der Waals surface area contributed by atoms with Crippen LogP contribution in [-0.2, 0) is 15.1 Å². The largest absolute Gasteiger partial charge is 0.372 e. The van der Waals surface area contributed by atoms with Crippen molar-refractivity contribution in [3.63, 3.8) is 0 Å². The Bertz CT molecular complexity index is 488. The molecule has 0 aromatic heterocycles. The third kappa shape index (κ3) is 1.72. The Kier molecular flexibility index (Phi) is 3.62. The summed E-state index contributed by atoms with van der Waals surface area (Å²) in [6.07, 6.45) is 1.78. The summed E-state index contributed by atoms with van der Waals surface area (Å²) in [4.78, 5) is 1.42. The fourth-order valence-electron chi connectivity index (χ4n) is 2.35. The maximum atomic E-state index is 9.33. The third-order valence-corrected chi connectivity index (χ3v) is 4.83. The summed E-state index contributed by atoms with van der Waals surface area (Å²) in [5.74, 6) is 0. The van der Waals surface area contributed by atoms with Crippen LogP contribution >= 0.6 is 15.9 Å². The van der Waals surface area contributed by atoms with E-state index in [0.29, 0.717) is 0 Å². The Balaban J connectivity index is 2.65. The number of anilines is 1. The topological polar surface area (TPSA) is 45.5 Å². The van der Waals surface area contributed by atoms with Gasteiger partial charge in [0.2, 0.25) is 0 Å². The molecule has 5 heteroatoms. The molecule has 0 N–H and O–H groups in total. The van der Waals surface area contributed by atoms with Crippen molar-refractivity contribution in [3.8, 4) is 6.19 Å². The zero-order chi connectivity index (χ0) is 13.3. The lowest BCUT2D eigenvalue weighted by Gasteiger charge is -2.46. The van der Waals surface area contributed by atoms with Crippen LogP contribution in [0, 0.1) is 11.5 Å². The van der Waals surface area contributed by atoms with Crippen LogP contribution in [0.15, 0.2) is 24.3 Å². The highest BCUT2D eigenvalue weighted by Crippen LogP contribution is 2.46. The van der Waals surface area contributed by atoms with Gasteiger partial charge in [-0.3, -0.25) is 4.90 Å². The molecule has 0 radical (unpaired) electrons. The molecule has 18 heavy (non-hydrogen) atoms. The quantitative estimate of drug-likeness (QED) is 0.622. The van der Waals surface area contributed by atoms with Crippen LogP contribution in [0.3, 0.4) is 0 Å². The smallest absolute Gasteiger partial charge is 0.186 e. The van der Waals surface area contributed by atoms with E-state index in [-0.39, 0.29) is 4.83 Å². The number of benzene rings is 1. The maximum Gasteiger partial charge on any atom is 0.186 e. The van der Waals surface area contributed by atoms with Crippen molar-refractivity contribution < 1.29 is 9.47 Å². The van der Waals surface area contributed by atoms with Gasteiger partial charge in [-0.05, 0) is 13.0 Å². The van der Waals surface area contributed by atoms with Crippen molar-refractivity contribution in [1.82, 2.24) is 0 Å². The second kappa shape index (κ2) is 4.88. The van der Waals surface area contributed by atoms with E-state index in [9.17, 15) is 5.26 Å². The van der Waals surface area contributed by atoms with Gasteiger partial charge in [0.1, 0.15) is 5.60 Å². The Morgan fingerprint density at radius 2 is 2.06 bits per heavy atom. The molecule has 1 aromatic carbocycles. The average molecular weight is 311 g/mol. The first kappa shape index (κ1) is 13.3. The number of rotatable bonds is 2. The zero-order valence-electron chi connectivity index (χ0n) is 10.6. The average Bonchev–Trinajstić information content (AvgIpc) is 2.42. The first-order valence-corrected chi connectivity index (χ1v) is 6.52. The van der Waals surface area contributed by atoms with E-state index in [4.69, 9.17) is 9.47 Å². The lowest BCUT2D eigenvalue weighted by Crippen LogP contribution is -2.54. The van der Waals surface area contributed by atoms with E-state index >= 15 is 0 Å². The molecule has 0 saturated carbocycles. The maximum absolute atomic E-state index is 9.33. The van der Waals surface area contributed by atoms with E-state index < -0.39 is 11.8 Å². The highest BCUT2D eigenvalue weighted by atomic mass is 79.9. The van der Waals surface area contributed by atoms with Crippen LogP contribution in [-0.4, -0.2) is 25.3 Å². The molecule has 1 aliphatic rings. The monoisotopic (exact) mass is 310 g/mol. The lowest BCUT2D eigenvalue weighted by atomic mass is 9.86. The van der Waals surface area contributed by atoms with Crippen molar-refractivity contribution in [2.24, 2.45) is 0 Å². The van der Waals surface area contributed by atoms with Gasteiger partial charge in [0.25, 0.3) is 0 Å². The first-order valence-electron chi connectivity index (χ1n) is 5.60. The standard InChI is InChI=1S/C13H15BrN2O2/c1-13(18-3)9-6-4-5-7-10(9)16(8-15)12(17-2)11(13)14/h4-7,11-12H,1-3H3/t11-,12+,13+/m0/s1. The molecule has 2 rings (SSSR count). The number of nitrogens with zero attached hydrogens (tertiary/aromatic N) is 2. The second-order valence-electron chi connectivity index (χ2n) is 4.33. The molecule has 4 nitrogen and oxygen atoms in total. The van der Waals surface area contributed by atoms with Gasteiger partial charge in [0.15, 0.2) is 12.4 Å². The number of methoxy groups -OCH3 is 2. The number of ether oxygens (including phenoxy) is 2. The summed E-state index contributed by atoms with van der Waals surface area (Å²) in [6, 6.07) is 7.73. The van der Waals surface area contributed by atoms with E-state index in [0.717, 1.165) is 11.3 Å². The van der Waals surface area contributed by atoms with Gasteiger partial charge in [-0.1, -0.05) is 34.1 Å². The molecular formula is C13H15BrN2O2. The number of alkyl halides is 1. The normalized spacial score (nSPS) is 30.7. The Morgan fingerprint density at radius 3 is 2.61 bits per heavy atom. The summed E-state index contributed by atoms with van der Waals surface area (Å²) in [5.41, 5.74) is 1.26. The van der Waals surface area contributed by atoms with E-state index in [1.807, 2.05) is 31.2 Å². The number of para-hydroxylation sites is 1. The Hall–Kier alpha value is -1.09. The molecule has 1 heterocycles. The van der Waals surface area contributed by atoms with Gasteiger partial charge in [-0.25, -0.2) is 0 Å². The second-order valence-corrected chi connectivity index (χ2v) is 5.31. The molecular weight excluding hydrogens is 296 g/mol. The highest BCUT2D eigenvalue weighted by Gasteiger charge is 2.48. The number of hydrogen-bond donors (Lipinski definition) is 0. The summed E-state index contributed by atoms with van der Waals surface area (Å²) < 4.78 is 11.1. The van der Waals surface area contributed by atoms with Gasteiger partial charge >= 0.3 is 0 Å². The SMILES string of the molecule is CO[C@@H]1[C@H](Br)[C@](C)(OC)c2ccccc2N1C#N. The van der Waals surface area contributed by atoms with E-state index in [1.165, 1.54) is 0 Å². The fraction of sp³-hybridized carbons (Fsp3) is 0.462. The highest BCUT2D eigenvalue weighted by molar-refractivity contribution is 9.09. The van der Waals surface area contributed by atoms with Crippen LogP contribution in [0.2, 0.25) is 0 Å². The first-order chi connectivity index (χ1) is 8.60. The third-order valence-electron chi connectivity index (χ3n) is 3.50. The summed E-state index contributed by atoms with van der Waals surface area (Å²) in [6.45, 7) is 1.99. The molecule has 0 amide bonds. The number of fused-ring (bicyclic) bond motifs is 1. The van der Waals surface area contributed by atoms with Gasteiger partial charge < -0.3 is 9.47 Å². The molecule has 0 unspecified atom stereocenters. The number of hydrogen-bond acceptors (Lipinski definition) is 4. The summed E-state index contributed by atoms with van der Waals surface area (Å²) in [5, 5.41) is 9.33. The molecule has 0 spiro atoms. The number of nitriles is 1. The molecule has 1 aliphatic heterocycles. The predicted octanol–water partition coefficient (Wildman–Crippen LogP) is 2.59.